The van der Waals surface area contributed by atoms with Gasteiger partial charge in [-0.05, 0) is 48.4 Å². The summed E-state index contributed by atoms with van der Waals surface area (Å²) in [5.41, 5.74) is 1.86. The molecular formula is C18H17FO2. The largest absolute Gasteiger partial charge is 0.481 e. The Morgan fingerprint density at radius 3 is 2.48 bits per heavy atom. The van der Waals surface area contributed by atoms with E-state index in [2.05, 4.69) is 0 Å². The minimum absolute atomic E-state index is 0.239. The third-order valence-electron chi connectivity index (χ3n) is 4.46. The lowest BCUT2D eigenvalue weighted by atomic mass is 9.68. The Morgan fingerprint density at radius 1 is 1.10 bits per heavy atom. The summed E-state index contributed by atoms with van der Waals surface area (Å²) in [6, 6.07) is 14.4. The normalized spacial score (nSPS) is 20.8. The molecule has 3 rings (SSSR count). The van der Waals surface area contributed by atoms with Crippen LogP contribution in [0.25, 0.3) is 0 Å². The molecule has 21 heavy (non-hydrogen) atoms. The van der Waals surface area contributed by atoms with E-state index in [-0.39, 0.29) is 12.2 Å². The first-order valence-corrected chi connectivity index (χ1v) is 7.14. The van der Waals surface area contributed by atoms with Crippen molar-refractivity contribution in [2.45, 2.75) is 25.7 Å². The molecule has 3 heteroatoms. The Labute approximate surface area is 123 Å². The van der Waals surface area contributed by atoms with Crippen molar-refractivity contribution in [1.29, 1.82) is 0 Å². The summed E-state index contributed by atoms with van der Waals surface area (Å²) in [7, 11) is 0. The van der Waals surface area contributed by atoms with Gasteiger partial charge in [-0.15, -0.1) is 0 Å². The van der Waals surface area contributed by atoms with E-state index in [4.69, 9.17) is 0 Å². The Balaban J connectivity index is 1.96. The van der Waals surface area contributed by atoms with Crippen LogP contribution in [0.1, 0.15) is 23.1 Å². The predicted octanol–water partition coefficient (Wildman–Crippen LogP) is 3.63. The molecular weight excluding hydrogens is 267 g/mol. The number of halogens is 1. The van der Waals surface area contributed by atoms with Crippen molar-refractivity contribution < 1.29 is 14.3 Å². The van der Waals surface area contributed by atoms with E-state index in [0.717, 1.165) is 12.0 Å². The highest BCUT2D eigenvalue weighted by Crippen LogP contribution is 2.39. The van der Waals surface area contributed by atoms with Crippen LogP contribution in [0, 0.1) is 11.2 Å². The highest BCUT2D eigenvalue weighted by Gasteiger charge is 2.41. The molecule has 0 aromatic heterocycles. The number of aliphatic carboxylic acids is 1. The number of fused-ring (bicyclic) bond motifs is 1. The molecule has 1 aliphatic carbocycles. The molecule has 0 fully saturated rings. The maximum absolute atomic E-state index is 13.9. The number of rotatable bonds is 3. The minimum Gasteiger partial charge on any atom is -0.481 e. The van der Waals surface area contributed by atoms with Gasteiger partial charge < -0.3 is 5.11 Å². The predicted molar refractivity (Wildman–Crippen MR) is 78.6 cm³/mol. The molecule has 108 valence electrons. The summed E-state index contributed by atoms with van der Waals surface area (Å²) < 4.78 is 13.9. The Hall–Kier alpha value is -2.16. The number of benzene rings is 2. The van der Waals surface area contributed by atoms with Gasteiger partial charge in [-0.2, -0.15) is 0 Å². The van der Waals surface area contributed by atoms with Crippen LogP contribution in [0.4, 0.5) is 4.39 Å². The van der Waals surface area contributed by atoms with Crippen molar-refractivity contribution in [1.82, 2.24) is 0 Å². The molecule has 2 aromatic carbocycles. The Bertz CT molecular complexity index is 680. The fraction of sp³-hybridized carbons (Fsp3) is 0.278. The molecule has 0 heterocycles. The number of aryl methyl sites for hydroxylation is 1. The lowest BCUT2D eigenvalue weighted by Gasteiger charge is -2.34. The summed E-state index contributed by atoms with van der Waals surface area (Å²) in [6.07, 6.45) is 1.99. The van der Waals surface area contributed by atoms with Crippen molar-refractivity contribution in [2.75, 3.05) is 0 Å². The van der Waals surface area contributed by atoms with Crippen molar-refractivity contribution >= 4 is 5.97 Å². The third kappa shape index (κ3) is 2.56. The maximum atomic E-state index is 13.9. The van der Waals surface area contributed by atoms with Gasteiger partial charge in [0.15, 0.2) is 0 Å². The molecule has 0 radical (unpaired) electrons. The van der Waals surface area contributed by atoms with Crippen LogP contribution in [0.5, 0.6) is 0 Å². The van der Waals surface area contributed by atoms with Crippen LogP contribution < -0.4 is 0 Å². The first-order valence-electron chi connectivity index (χ1n) is 7.14. The van der Waals surface area contributed by atoms with E-state index in [1.165, 1.54) is 11.6 Å². The summed E-state index contributed by atoms with van der Waals surface area (Å²) in [4.78, 5) is 11.9. The van der Waals surface area contributed by atoms with Crippen molar-refractivity contribution in [3.8, 4) is 0 Å². The second-order valence-corrected chi connectivity index (χ2v) is 5.80. The highest BCUT2D eigenvalue weighted by atomic mass is 19.1. The van der Waals surface area contributed by atoms with Gasteiger partial charge in [0.1, 0.15) is 5.82 Å². The average Bonchev–Trinajstić information content (AvgIpc) is 2.49. The minimum atomic E-state index is -0.906. The van der Waals surface area contributed by atoms with E-state index < -0.39 is 11.4 Å². The number of carboxylic acids is 1. The van der Waals surface area contributed by atoms with Gasteiger partial charge in [-0.3, -0.25) is 4.79 Å². The first-order chi connectivity index (χ1) is 10.1. The summed E-state index contributed by atoms with van der Waals surface area (Å²) in [6.45, 7) is 0. The molecule has 0 saturated heterocycles. The van der Waals surface area contributed by atoms with Crippen LogP contribution in [-0.2, 0) is 24.1 Å². The second kappa shape index (κ2) is 5.32. The smallest absolute Gasteiger partial charge is 0.310 e. The van der Waals surface area contributed by atoms with Gasteiger partial charge in [0, 0.05) is 0 Å². The molecule has 0 saturated carbocycles. The number of hydrogen-bond donors (Lipinski definition) is 1. The average molecular weight is 284 g/mol. The maximum Gasteiger partial charge on any atom is 0.310 e. The number of carbonyl (C=O) groups is 1. The van der Waals surface area contributed by atoms with Gasteiger partial charge in [-0.25, -0.2) is 4.39 Å². The first kappa shape index (κ1) is 13.8. The molecule has 0 aliphatic heterocycles. The van der Waals surface area contributed by atoms with Crippen molar-refractivity contribution in [3.05, 3.63) is 71.0 Å². The zero-order valence-corrected chi connectivity index (χ0v) is 11.7. The van der Waals surface area contributed by atoms with Gasteiger partial charge in [-0.1, -0.05) is 42.5 Å². The lowest BCUT2D eigenvalue weighted by molar-refractivity contribution is -0.149. The lowest BCUT2D eigenvalue weighted by Crippen LogP contribution is -2.39. The molecule has 0 spiro atoms. The Kier molecular flexibility index (Phi) is 3.50. The fourth-order valence-corrected chi connectivity index (χ4v) is 3.22. The summed E-state index contributed by atoms with van der Waals surface area (Å²) in [5, 5.41) is 9.74. The molecule has 2 nitrogen and oxygen atoms in total. The van der Waals surface area contributed by atoms with E-state index in [0.29, 0.717) is 18.4 Å². The van der Waals surface area contributed by atoms with Crippen LogP contribution >= 0.6 is 0 Å². The van der Waals surface area contributed by atoms with Gasteiger partial charge in [0.2, 0.25) is 0 Å². The zero-order chi connectivity index (χ0) is 14.9. The highest BCUT2D eigenvalue weighted by molar-refractivity contribution is 5.76. The molecule has 1 aliphatic rings. The molecule has 1 N–H and O–H groups in total. The number of carboxylic acid groups (broad SMARTS) is 1. The monoisotopic (exact) mass is 284 g/mol. The SMILES string of the molecule is O=C(O)C1(Cc2ccccc2F)CCc2ccccc2C1. The molecule has 0 bridgehead atoms. The van der Waals surface area contributed by atoms with E-state index in [9.17, 15) is 14.3 Å². The molecule has 2 aromatic rings. The molecule has 1 unspecified atom stereocenters. The third-order valence-corrected chi connectivity index (χ3v) is 4.46. The van der Waals surface area contributed by atoms with Gasteiger partial charge in [0.25, 0.3) is 0 Å². The van der Waals surface area contributed by atoms with E-state index in [1.54, 1.807) is 18.2 Å². The molecule has 0 amide bonds. The summed E-state index contributed by atoms with van der Waals surface area (Å²) in [5.74, 6) is -1.16. The molecule has 1 atom stereocenters. The fourth-order valence-electron chi connectivity index (χ4n) is 3.22. The van der Waals surface area contributed by atoms with Crippen LogP contribution in [-0.4, -0.2) is 11.1 Å². The quantitative estimate of drug-likeness (QED) is 0.934. The Morgan fingerprint density at radius 2 is 1.76 bits per heavy atom. The standard InChI is InChI=1S/C18H17FO2/c19-16-8-4-3-7-15(16)12-18(17(20)21)10-9-13-5-1-2-6-14(13)11-18/h1-8H,9-12H2,(H,20,21). The van der Waals surface area contributed by atoms with Crippen molar-refractivity contribution in [3.63, 3.8) is 0 Å². The van der Waals surface area contributed by atoms with Crippen LogP contribution in [0.2, 0.25) is 0 Å². The number of hydrogen-bond acceptors (Lipinski definition) is 1. The van der Waals surface area contributed by atoms with Crippen LogP contribution in [0.3, 0.4) is 0 Å². The van der Waals surface area contributed by atoms with E-state index >= 15 is 0 Å². The van der Waals surface area contributed by atoms with Gasteiger partial charge >= 0.3 is 5.97 Å². The van der Waals surface area contributed by atoms with Crippen molar-refractivity contribution in [2.24, 2.45) is 5.41 Å². The topological polar surface area (TPSA) is 37.3 Å². The van der Waals surface area contributed by atoms with Gasteiger partial charge in [0.05, 0.1) is 5.41 Å². The summed E-state index contributed by atoms with van der Waals surface area (Å²) >= 11 is 0. The zero-order valence-electron chi connectivity index (χ0n) is 11.7. The van der Waals surface area contributed by atoms with Crippen LogP contribution in [0.15, 0.2) is 48.5 Å². The van der Waals surface area contributed by atoms with E-state index in [1.807, 2.05) is 24.3 Å². The second-order valence-electron chi connectivity index (χ2n) is 5.80.